The summed E-state index contributed by atoms with van der Waals surface area (Å²) in [5, 5.41) is 12.4. The number of hydrogen-bond donors (Lipinski definition) is 0. The summed E-state index contributed by atoms with van der Waals surface area (Å²) in [4.78, 5) is 25.4. The Balaban J connectivity index is 1.95. The van der Waals surface area contributed by atoms with Crippen LogP contribution in [0.5, 0.6) is 11.5 Å². The molecule has 0 saturated carbocycles. The van der Waals surface area contributed by atoms with Crippen molar-refractivity contribution < 1.29 is 19.2 Å². The van der Waals surface area contributed by atoms with E-state index in [1.807, 2.05) is 0 Å². The Bertz CT molecular complexity index is 1080. The number of ether oxygens (including phenoxy) is 2. The van der Waals surface area contributed by atoms with Crippen LogP contribution >= 0.6 is 0 Å². The normalized spacial score (nSPS) is 12.5. The molecule has 0 fully saturated rings. The van der Waals surface area contributed by atoms with Crippen LogP contribution in [-0.2, 0) is 0 Å². The summed E-state index contributed by atoms with van der Waals surface area (Å²) >= 11 is 0. The molecule has 130 valence electrons. The van der Waals surface area contributed by atoms with Crippen molar-refractivity contribution >= 4 is 33.7 Å². The van der Waals surface area contributed by atoms with Gasteiger partial charge in [-0.2, -0.15) is 0 Å². The first-order valence-corrected chi connectivity index (χ1v) is 7.83. The third-order valence-corrected chi connectivity index (χ3v) is 4.49. The van der Waals surface area contributed by atoms with Gasteiger partial charge in [-0.25, -0.2) is 0 Å². The summed E-state index contributed by atoms with van der Waals surface area (Å²) < 4.78 is 10.6. The van der Waals surface area contributed by atoms with Gasteiger partial charge in [0.25, 0.3) is 11.6 Å². The molecule has 1 heterocycles. The quantitative estimate of drug-likeness (QED) is 0.523. The first-order chi connectivity index (χ1) is 12.6. The fourth-order valence-electron chi connectivity index (χ4n) is 3.35. The smallest absolute Gasteiger partial charge is 0.277 e. The molecule has 1 aliphatic rings. The zero-order chi connectivity index (χ0) is 18.4. The number of carbonyl (C=O) groups is 1. The first-order valence-electron chi connectivity index (χ1n) is 7.83. The highest BCUT2D eigenvalue weighted by Gasteiger charge is 2.33. The third-order valence-electron chi connectivity index (χ3n) is 4.49. The lowest BCUT2D eigenvalue weighted by atomic mass is 10.0. The van der Waals surface area contributed by atoms with E-state index >= 15 is 0 Å². The van der Waals surface area contributed by atoms with Gasteiger partial charge in [0.2, 0.25) is 0 Å². The van der Waals surface area contributed by atoms with Crippen molar-refractivity contribution in [1.29, 1.82) is 0 Å². The summed E-state index contributed by atoms with van der Waals surface area (Å²) in [6.45, 7) is 0. The second-order valence-corrected chi connectivity index (χ2v) is 5.77. The van der Waals surface area contributed by atoms with Gasteiger partial charge in [-0.05, 0) is 30.3 Å². The molecule has 0 bridgehead atoms. The Kier molecular flexibility index (Phi) is 3.50. The van der Waals surface area contributed by atoms with Crippen LogP contribution in [0.1, 0.15) is 10.4 Å². The largest absolute Gasteiger partial charge is 0.493 e. The first kappa shape index (κ1) is 15.9. The Morgan fingerprint density at radius 1 is 1.00 bits per heavy atom. The van der Waals surface area contributed by atoms with Crippen molar-refractivity contribution in [2.24, 2.45) is 0 Å². The van der Waals surface area contributed by atoms with Gasteiger partial charge in [-0.15, -0.1) is 0 Å². The maximum absolute atomic E-state index is 13.0. The van der Waals surface area contributed by atoms with Crippen LogP contribution in [0, 0.1) is 10.1 Å². The monoisotopic (exact) mass is 350 g/mol. The van der Waals surface area contributed by atoms with Crippen LogP contribution in [-0.4, -0.2) is 25.1 Å². The van der Waals surface area contributed by atoms with E-state index in [4.69, 9.17) is 9.47 Å². The molecule has 0 spiro atoms. The Morgan fingerprint density at radius 3 is 2.46 bits per heavy atom. The molecule has 0 aliphatic carbocycles. The molecule has 0 aromatic heterocycles. The van der Waals surface area contributed by atoms with E-state index in [1.54, 1.807) is 42.5 Å². The fourth-order valence-corrected chi connectivity index (χ4v) is 3.35. The van der Waals surface area contributed by atoms with Crippen molar-refractivity contribution in [2.45, 2.75) is 0 Å². The molecule has 3 aromatic carbocycles. The maximum Gasteiger partial charge on any atom is 0.277 e. The average Bonchev–Trinajstić information content (AvgIpc) is 2.95. The average molecular weight is 350 g/mol. The molecule has 0 atom stereocenters. The molecular formula is C19H14N2O5. The van der Waals surface area contributed by atoms with Gasteiger partial charge in [0, 0.05) is 17.5 Å². The minimum atomic E-state index is -0.438. The summed E-state index contributed by atoms with van der Waals surface area (Å²) in [5.74, 6) is 0.805. The molecule has 7 nitrogen and oxygen atoms in total. The summed E-state index contributed by atoms with van der Waals surface area (Å²) in [7, 11) is 3.06. The number of anilines is 2. The zero-order valence-electron chi connectivity index (χ0n) is 14.1. The van der Waals surface area contributed by atoms with Gasteiger partial charge >= 0.3 is 0 Å². The lowest BCUT2D eigenvalue weighted by Crippen LogP contribution is -2.20. The molecule has 0 unspecified atom stereocenters. The second-order valence-electron chi connectivity index (χ2n) is 5.77. The number of amides is 1. The molecule has 1 aliphatic heterocycles. The van der Waals surface area contributed by atoms with E-state index in [9.17, 15) is 14.9 Å². The number of methoxy groups -OCH3 is 2. The number of nitro benzene ring substituents is 1. The highest BCUT2D eigenvalue weighted by atomic mass is 16.6. The highest BCUT2D eigenvalue weighted by molar-refractivity contribution is 6.28. The number of non-ortho nitro benzene ring substituents is 1. The summed E-state index contributed by atoms with van der Waals surface area (Å²) in [6.07, 6.45) is 0. The molecule has 4 rings (SSSR count). The van der Waals surface area contributed by atoms with Crippen molar-refractivity contribution in [2.75, 3.05) is 19.1 Å². The van der Waals surface area contributed by atoms with E-state index < -0.39 is 4.92 Å². The van der Waals surface area contributed by atoms with Crippen LogP contribution in [0.15, 0.2) is 48.5 Å². The number of nitrogens with zero attached hydrogens (tertiary/aromatic N) is 2. The lowest BCUT2D eigenvalue weighted by molar-refractivity contribution is -0.383. The molecule has 26 heavy (non-hydrogen) atoms. The van der Waals surface area contributed by atoms with Crippen LogP contribution in [0.3, 0.4) is 0 Å². The minimum Gasteiger partial charge on any atom is -0.493 e. The predicted molar refractivity (Wildman–Crippen MR) is 96.6 cm³/mol. The number of nitro groups is 1. The number of carbonyl (C=O) groups excluding carboxylic acids is 1. The van der Waals surface area contributed by atoms with Gasteiger partial charge in [0.15, 0.2) is 11.5 Å². The fraction of sp³-hybridized carbons (Fsp3) is 0.105. The van der Waals surface area contributed by atoms with Gasteiger partial charge in [-0.3, -0.25) is 19.8 Å². The van der Waals surface area contributed by atoms with E-state index in [-0.39, 0.29) is 11.6 Å². The van der Waals surface area contributed by atoms with Crippen LogP contribution in [0.25, 0.3) is 10.8 Å². The summed E-state index contributed by atoms with van der Waals surface area (Å²) in [5.41, 5.74) is 1.63. The van der Waals surface area contributed by atoms with E-state index in [1.165, 1.54) is 25.2 Å². The number of benzene rings is 3. The number of hydrogen-bond acceptors (Lipinski definition) is 5. The van der Waals surface area contributed by atoms with Crippen molar-refractivity contribution in [1.82, 2.24) is 0 Å². The molecule has 0 radical (unpaired) electrons. The predicted octanol–water partition coefficient (Wildman–Crippen LogP) is 4.06. The van der Waals surface area contributed by atoms with Gasteiger partial charge in [-0.1, -0.05) is 6.07 Å². The van der Waals surface area contributed by atoms with Crippen LogP contribution in [0.4, 0.5) is 17.1 Å². The van der Waals surface area contributed by atoms with E-state index in [0.717, 1.165) is 0 Å². The van der Waals surface area contributed by atoms with Gasteiger partial charge in [0.1, 0.15) is 0 Å². The van der Waals surface area contributed by atoms with E-state index in [0.29, 0.717) is 39.2 Å². The third kappa shape index (κ3) is 2.10. The van der Waals surface area contributed by atoms with Crippen LogP contribution < -0.4 is 14.4 Å². The molecule has 0 saturated heterocycles. The summed E-state index contributed by atoms with van der Waals surface area (Å²) in [6, 6.07) is 13.2. The molecular weight excluding hydrogens is 336 g/mol. The van der Waals surface area contributed by atoms with Crippen molar-refractivity contribution in [3.8, 4) is 11.5 Å². The highest BCUT2D eigenvalue weighted by Crippen LogP contribution is 2.45. The van der Waals surface area contributed by atoms with E-state index in [2.05, 4.69) is 0 Å². The molecule has 7 heteroatoms. The standard InChI is InChI=1S/C19H14N2O5/c1-25-16-9-6-11(10-17(16)26-2)20-15-8-7-14(21(23)24)12-4-3-5-13(18(12)15)19(20)22/h3-10H,1-2H3. The Labute approximate surface area is 148 Å². The molecule has 1 amide bonds. The van der Waals surface area contributed by atoms with Gasteiger partial charge in [0.05, 0.1) is 41.5 Å². The Morgan fingerprint density at radius 2 is 1.77 bits per heavy atom. The SMILES string of the molecule is COc1ccc(N2C(=O)c3cccc4c([N+](=O)[O-])ccc2c34)cc1OC. The Hall–Kier alpha value is -3.61. The minimum absolute atomic E-state index is 0.0208. The number of rotatable bonds is 4. The zero-order valence-corrected chi connectivity index (χ0v) is 14.1. The second kappa shape index (κ2) is 5.73. The molecule has 0 N–H and O–H groups in total. The lowest BCUT2D eigenvalue weighted by Gasteiger charge is -2.19. The van der Waals surface area contributed by atoms with Crippen molar-refractivity contribution in [3.63, 3.8) is 0 Å². The maximum atomic E-state index is 13.0. The van der Waals surface area contributed by atoms with Crippen molar-refractivity contribution in [3.05, 3.63) is 64.2 Å². The van der Waals surface area contributed by atoms with Gasteiger partial charge < -0.3 is 9.47 Å². The topological polar surface area (TPSA) is 81.9 Å². The molecule has 3 aromatic rings. The van der Waals surface area contributed by atoms with Crippen LogP contribution in [0.2, 0.25) is 0 Å².